The maximum Gasteiger partial charge on any atom is 0.124 e. The number of fused-ring (bicyclic) bond motifs is 6. The number of para-hydroxylation sites is 3. The van der Waals surface area contributed by atoms with Gasteiger partial charge in [-0.2, -0.15) is 0 Å². The van der Waals surface area contributed by atoms with Crippen molar-refractivity contribution in [3.63, 3.8) is 0 Å². The predicted octanol–water partition coefficient (Wildman–Crippen LogP) is 16.1. The summed E-state index contributed by atoms with van der Waals surface area (Å²) in [5, 5.41) is 6.99. The summed E-state index contributed by atoms with van der Waals surface area (Å²) in [6, 6.07) is 67.2. The Bertz CT molecular complexity index is 3310. The van der Waals surface area contributed by atoms with Gasteiger partial charge in [-0.15, -0.1) is 34.0 Å². The molecule has 4 heterocycles. The molecule has 8 aromatic carbocycles. The highest BCUT2D eigenvalue weighted by Crippen LogP contribution is 2.44. The standard InChI is InChI=1S/C53H33N5S3/c1-2-9-38(10-3-1)57(39-21-16-34(17-22-39)52-55-46-12-4-6-14-48(46)60-52)41-25-20-36-30-45-44-27-26-42(32-51(44)59-50(45)31-37(36)29-41)58(43-11-8-28-54-33-43)40-23-18-35(19-24-40)53-56-47-13-5-7-15-49(47)61-53/h1-33H. The Hall–Kier alpha value is -7.23. The van der Waals surface area contributed by atoms with Crippen molar-refractivity contribution in [3.05, 3.63) is 200 Å². The molecule has 0 saturated carbocycles. The second-order valence-corrected chi connectivity index (χ2v) is 18.1. The SMILES string of the molecule is c1ccc(N(c2ccc(-c3nc4ccccc4s3)cc2)c2ccc3cc4c(cc3c2)sc2cc(N(c3ccc(-c5nc6ccccc6s5)cc3)c3cccnc3)ccc24)cc1. The van der Waals surface area contributed by atoms with Crippen LogP contribution in [0, 0.1) is 0 Å². The molecule has 0 aliphatic rings. The van der Waals surface area contributed by atoms with Crippen LogP contribution >= 0.6 is 34.0 Å². The Kier molecular flexibility index (Phi) is 8.66. The number of benzene rings is 8. The van der Waals surface area contributed by atoms with Crippen LogP contribution in [0.2, 0.25) is 0 Å². The van der Waals surface area contributed by atoms with Crippen LogP contribution in [0.1, 0.15) is 0 Å². The molecule has 0 N–H and O–H groups in total. The summed E-state index contributed by atoms with van der Waals surface area (Å²) in [5.74, 6) is 0. The third-order valence-electron chi connectivity index (χ3n) is 11.2. The zero-order valence-corrected chi connectivity index (χ0v) is 35.0. The lowest BCUT2D eigenvalue weighted by Crippen LogP contribution is -2.09. The van der Waals surface area contributed by atoms with E-state index in [1.54, 1.807) is 22.7 Å². The van der Waals surface area contributed by atoms with E-state index in [9.17, 15) is 0 Å². The van der Waals surface area contributed by atoms with Crippen molar-refractivity contribution in [3.8, 4) is 21.1 Å². The molecule has 288 valence electrons. The fourth-order valence-corrected chi connectivity index (χ4v) is 11.3. The highest BCUT2D eigenvalue weighted by Gasteiger charge is 2.18. The Morgan fingerprint density at radius 1 is 0.344 bits per heavy atom. The summed E-state index contributed by atoms with van der Waals surface area (Å²) < 4.78 is 4.89. The number of pyridine rings is 1. The Labute approximate surface area is 363 Å². The van der Waals surface area contributed by atoms with Crippen LogP contribution < -0.4 is 9.80 Å². The molecular formula is C53H33N5S3. The van der Waals surface area contributed by atoms with Gasteiger partial charge in [0.15, 0.2) is 0 Å². The number of anilines is 6. The van der Waals surface area contributed by atoms with Gasteiger partial charge in [0.2, 0.25) is 0 Å². The first-order chi connectivity index (χ1) is 30.2. The smallest absolute Gasteiger partial charge is 0.124 e. The normalized spacial score (nSPS) is 11.6. The van der Waals surface area contributed by atoms with E-state index in [1.165, 1.54) is 40.3 Å². The first kappa shape index (κ1) is 35.7. The number of hydrogen-bond donors (Lipinski definition) is 0. The topological polar surface area (TPSA) is 45.2 Å². The van der Waals surface area contributed by atoms with E-state index in [2.05, 4.69) is 185 Å². The molecule has 8 heteroatoms. The predicted molar refractivity (Wildman–Crippen MR) is 261 cm³/mol. The van der Waals surface area contributed by atoms with Crippen LogP contribution in [0.25, 0.3) is 72.5 Å². The van der Waals surface area contributed by atoms with Crippen LogP contribution in [-0.2, 0) is 0 Å². The van der Waals surface area contributed by atoms with Crippen LogP contribution in [0.15, 0.2) is 200 Å². The minimum atomic E-state index is 1.00. The molecule has 5 nitrogen and oxygen atoms in total. The van der Waals surface area contributed by atoms with Crippen molar-refractivity contribution in [2.75, 3.05) is 9.80 Å². The molecule has 12 rings (SSSR count). The van der Waals surface area contributed by atoms with Crippen molar-refractivity contribution < 1.29 is 0 Å². The molecule has 0 radical (unpaired) electrons. The average Bonchev–Trinajstić information content (AvgIpc) is 4.05. The van der Waals surface area contributed by atoms with E-state index in [-0.39, 0.29) is 0 Å². The summed E-state index contributed by atoms with van der Waals surface area (Å²) >= 11 is 5.29. The fraction of sp³-hybridized carbons (Fsp3) is 0. The second kappa shape index (κ2) is 14.8. The largest absolute Gasteiger partial charge is 0.310 e. The van der Waals surface area contributed by atoms with E-state index < -0.39 is 0 Å². The van der Waals surface area contributed by atoms with E-state index in [1.807, 2.05) is 41.9 Å². The van der Waals surface area contributed by atoms with Crippen molar-refractivity contribution in [2.24, 2.45) is 0 Å². The molecule has 0 fully saturated rings. The van der Waals surface area contributed by atoms with Gasteiger partial charge in [-0.05, 0) is 144 Å². The van der Waals surface area contributed by atoms with E-state index in [0.717, 1.165) is 66.3 Å². The third kappa shape index (κ3) is 6.49. The number of hydrogen-bond acceptors (Lipinski definition) is 8. The number of nitrogens with zero attached hydrogens (tertiary/aromatic N) is 5. The molecule has 0 bridgehead atoms. The Balaban J connectivity index is 0.903. The van der Waals surface area contributed by atoms with Gasteiger partial charge < -0.3 is 9.80 Å². The zero-order valence-electron chi connectivity index (χ0n) is 32.5. The molecular weight excluding hydrogens is 803 g/mol. The molecule has 0 aliphatic carbocycles. The van der Waals surface area contributed by atoms with Gasteiger partial charge in [0.25, 0.3) is 0 Å². The minimum absolute atomic E-state index is 1.00. The average molecular weight is 836 g/mol. The van der Waals surface area contributed by atoms with Crippen LogP contribution in [0.4, 0.5) is 34.1 Å². The van der Waals surface area contributed by atoms with E-state index in [0.29, 0.717) is 0 Å². The molecule has 0 unspecified atom stereocenters. The maximum absolute atomic E-state index is 4.91. The quantitative estimate of drug-likeness (QED) is 0.153. The fourth-order valence-electron chi connectivity index (χ4n) is 8.23. The van der Waals surface area contributed by atoms with Crippen molar-refractivity contribution in [1.82, 2.24) is 15.0 Å². The number of thiazole rings is 2. The summed E-state index contributed by atoms with van der Waals surface area (Å²) in [6.45, 7) is 0. The van der Waals surface area contributed by atoms with Crippen molar-refractivity contribution in [1.29, 1.82) is 0 Å². The van der Waals surface area contributed by atoms with E-state index >= 15 is 0 Å². The highest BCUT2D eigenvalue weighted by molar-refractivity contribution is 7.26. The summed E-state index contributed by atoms with van der Waals surface area (Å²) in [6.07, 6.45) is 3.75. The highest BCUT2D eigenvalue weighted by atomic mass is 32.1. The van der Waals surface area contributed by atoms with Crippen LogP contribution in [-0.4, -0.2) is 15.0 Å². The van der Waals surface area contributed by atoms with Gasteiger partial charge in [0.1, 0.15) is 10.0 Å². The molecule has 4 aromatic heterocycles. The van der Waals surface area contributed by atoms with Crippen molar-refractivity contribution in [2.45, 2.75) is 0 Å². The van der Waals surface area contributed by atoms with Gasteiger partial charge in [-0.25, -0.2) is 9.97 Å². The summed E-state index contributed by atoms with van der Waals surface area (Å²) in [5.41, 5.74) is 10.8. The number of thiophene rings is 1. The van der Waals surface area contributed by atoms with Crippen LogP contribution in [0.3, 0.4) is 0 Å². The molecule has 12 aromatic rings. The zero-order chi connectivity index (χ0) is 40.3. The molecule has 0 saturated heterocycles. The van der Waals surface area contributed by atoms with Gasteiger partial charge in [-0.3, -0.25) is 4.98 Å². The maximum atomic E-state index is 4.91. The first-order valence-electron chi connectivity index (χ1n) is 20.1. The minimum Gasteiger partial charge on any atom is -0.310 e. The third-order valence-corrected chi connectivity index (χ3v) is 14.5. The lowest BCUT2D eigenvalue weighted by Gasteiger charge is -2.26. The summed E-state index contributed by atoms with van der Waals surface area (Å²) in [7, 11) is 0. The van der Waals surface area contributed by atoms with Gasteiger partial charge >= 0.3 is 0 Å². The van der Waals surface area contributed by atoms with Gasteiger partial charge in [0.05, 0.1) is 32.3 Å². The van der Waals surface area contributed by atoms with Gasteiger partial charge in [-0.1, -0.05) is 54.6 Å². The van der Waals surface area contributed by atoms with Crippen molar-refractivity contribution >= 4 is 120 Å². The van der Waals surface area contributed by atoms with Gasteiger partial charge in [0, 0.05) is 65.9 Å². The van der Waals surface area contributed by atoms with E-state index in [4.69, 9.17) is 9.97 Å². The monoisotopic (exact) mass is 835 g/mol. The molecule has 0 amide bonds. The molecule has 0 atom stereocenters. The van der Waals surface area contributed by atoms with Crippen LogP contribution in [0.5, 0.6) is 0 Å². The lowest BCUT2D eigenvalue weighted by atomic mass is 10.0. The Morgan fingerprint density at radius 2 is 0.885 bits per heavy atom. The first-order valence-corrected chi connectivity index (χ1v) is 22.5. The second-order valence-electron chi connectivity index (χ2n) is 14.9. The summed E-state index contributed by atoms with van der Waals surface area (Å²) in [4.78, 5) is 18.9. The lowest BCUT2D eigenvalue weighted by molar-refractivity contribution is 1.23. The molecule has 61 heavy (non-hydrogen) atoms. The molecule has 0 spiro atoms. The number of aromatic nitrogens is 3. The number of rotatable bonds is 8. The Morgan fingerprint density at radius 3 is 1.52 bits per heavy atom. The molecule has 0 aliphatic heterocycles.